The van der Waals surface area contributed by atoms with Crippen LogP contribution in [0.4, 0.5) is 4.79 Å². The number of urea groups is 1. The Morgan fingerprint density at radius 1 is 1.29 bits per heavy atom. The van der Waals surface area contributed by atoms with Crippen LogP contribution >= 0.6 is 0 Å². The number of carbonyl (C=O) groups excluding carboxylic acids is 2. The third-order valence-electron chi connectivity index (χ3n) is 4.19. The van der Waals surface area contributed by atoms with Crippen LogP contribution in [0.2, 0.25) is 0 Å². The number of hydrogen-bond acceptors (Lipinski definition) is 3. The zero-order valence-electron chi connectivity index (χ0n) is 13.4. The molecule has 1 aliphatic heterocycles. The van der Waals surface area contributed by atoms with Gasteiger partial charge in [-0.05, 0) is 37.0 Å². The van der Waals surface area contributed by atoms with Gasteiger partial charge in [0.1, 0.15) is 6.04 Å². The minimum Gasteiger partial charge on any atom is -0.368 e. The van der Waals surface area contributed by atoms with Crippen molar-refractivity contribution in [2.75, 3.05) is 13.1 Å². The number of nitrogens with one attached hydrogen (secondary N) is 1. The fraction of sp³-hybridized carbons (Fsp3) is 0.353. The SMILES string of the molecule is NC(=O)C1CCCN1C(=O)NCCc1cnn(-c2ccccc2)c1. The molecule has 3 N–H and O–H groups in total. The van der Waals surface area contributed by atoms with Crippen molar-refractivity contribution < 1.29 is 9.59 Å². The Morgan fingerprint density at radius 2 is 2.08 bits per heavy atom. The van der Waals surface area contributed by atoms with Gasteiger partial charge in [0.05, 0.1) is 11.9 Å². The fourth-order valence-corrected chi connectivity index (χ4v) is 2.93. The first kappa shape index (κ1) is 16.0. The zero-order chi connectivity index (χ0) is 16.9. The van der Waals surface area contributed by atoms with E-state index >= 15 is 0 Å². The van der Waals surface area contributed by atoms with Gasteiger partial charge in [-0.3, -0.25) is 4.79 Å². The molecule has 0 spiro atoms. The average molecular weight is 327 g/mol. The zero-order valence-corrected chi connectivity index (χ0v) is 13.4. The maximum atomic E-state index is 12.2. The number of primary amides is 1. The highest BCUT2D eigenvalue weighted by molar-refractivity contribution is 5.86. The van der Waals surface area contributed by atoms with Crippen LogP contribution in [0, 0.1) is 0 Å². The third-order valence-corrected chi connectivity index (χ3v) is 4.19. The Balaban J connectivity index is 1.51. The van der Waals surface area contributed by atoms with Gasteiger partial charge in [-0.1, -0.05) is 18.2 Å². The van der Waals surface area contributed by atoms with Crippen molar-refractivity contribution in [1.82, 2.24) is 20.0 Å². The summed E-state index contributed by atoms with van der Waals surface area (Å²) in [5, 5.41) is 7.18. The summed E-state index contributed by atoms with van der Waals surface area (Å²) in [5.41, 5.74) is 7.36. The van der Waals surface area contributed by atoms with Crippen molar-refractivity contribution in [1.29, 1.82) is 0 Å². The molecule has 3 rings (SSSR count). The standard InChI is InChI=1S/C17H21N5O2/c18-16(23)15-7-4-10-21(15)17(24)19-9-8-13-11-20-22(12-13)14-5-2-1-3-6-14/h1-3,5-6,11-12,15H,4,7-10H2,(H2,18,23)(H,19,24). The second kappa shape index (κ2) is 7.16. The van der Waals surface area contributed by atoms with Crippen molar-refractivity contribution in [2.45, 2.75) is 25.3 Å². The summed E-state index contributed by atoms with van der Waals surface area (Å²) in [6.07, 6.45) is 5.87. The minimum atomic E-state index is -0.481. The lowest BCUT2D eigenvalue weighted by atomic mass is 10.2. The molecule has 0 bridgehead atoms. The summed E-state index contributed by atoms with van der Waals surface area (Å²) in [6.45, 7) is 1.06. The molecule has 126 valence electrons. The molecule has 0 radical (unpaired) electrons. The van der Waals surface area contributed by atoms with Gasteiger partial charge in [-0.2, -0.15) is 5.10 Å². The normalized spacial score (nSPS) is 17.0. The molecule has 1 atom stereocenters. The molecule has 1 aromatic heterocycles. The first-order valence-corrected chi connectivity index (χ1v) is 8.08. The fourth-order valence-electron chi connectivity index (χ4n) is 2.93. The van der Waals surface area contributed by atoms with E-state index in [4.69, 9.17) is 5.73 Å². The largest absolute Gasteiger partial charge is 0.368 e. The van der Waals surface area contributed by atoms with E-state index in [0.29, 0.717) is 25.9 Å². The molecule has 3 amide bonds. The second-order valence-electron chi connectivity index (χ2n) is 5.86. The maximum absolute atomic E-state index is 12.2. The second-order valence-corrected chi connectivity index (χ2v) is 5.86. The Hall–Kier alpha value is -2.83. The minimum absolute atomic E-state index is 0.230. The van der Waals surface area contributed by atoms with E-state index in [1.807, 2.05) is 36.5 Å². The summed E-state index contributed by atoms with van der Waals surface area (Å²) in [5.74, 6) is -0.438. The quantitative estimate of drug-likeness (QED) is 0.860. The number of amides is 3. The first-order chi connectivity index (χ1) is 11.6. The predicted molar refractivity (Wildman–Crippen MR) is 89.6 cm³/mol. The summed E-state index contributed by atoms with van der Waals surface area (Å²) < 4.78 is 1.81. The van der Waals surface area contributed by atoms with Crippen LogP contribution in [0.3, 0.4) is 0 Å². The van der Waals surface area contributed by atoms with Gasteiger partial charge in [0, 0.05) is 19.3 Å². The molecule has 1 aromatic carbocycles. The van der Waals surface area contributed by atoms with Crippen molar-refractivity contribution in [3.63, 3.8) is 0 Å². The van der Waals surface area contributed by atoms with Crippen molar-refractivity contribution in [2.24, 2.45) is 5.73 Å². The van der Waals surface area contributed by atoms with E-state index in [2.05, 4.69) is 10.4 Å². The topological polar surface area (TPSA) is 93.2 Å². The Morgan fingerprint density at radius 3 is 2.83 bits per heavy atom. The summed E-state index contributed by atoms with van der Waals surface area (Å²) in [6, 6.07) is 9.13. The monoisotopic (exact) mass is 327 g/mol. The lowest BCUT2D eigenvalue weighted by molar-refractivity contribution is -0.121. The Bertz CT molecular complexity index is 713. The molecule has 24 heavy (non-hydrogen) atoms. The molecule has 1 aliphatic rings. The number of nitrogens with two attached hydrogens (primary N) is 1. The lowest BCUT2D eigenvalue weighted by Crippen LogP contribution is -2.48. The predicted octanol–water partition coefficient (Wildman–Crippen LogP) is 1.07. The van der Waals surface area contributed by atoms with E-state index in [1.54, 1.807) is 10.9 Å². The van der Waals surface area contributed by atoms with E-state index < -0.39 is 11.9 Å². The molecular weight excluding hydrogens is 306 g/mol. The Labute approximate surface area is 140 Å². The van der Waals surface area contributed by atoms with Crippen LogP contribution in [-0.2, 0) is 11.2 Å². The number of carbonyl (C=O) groups is 2. The van der Waals surface area contributed by atoms with Gasteiger partial charge >= 0.3 is 6.03 Å². The molecule has 1 saturated heterocycles. The van der Waals surface area contributed by atoms with Gasteiger partial charge in [0.2, 0.25) is 5.91 Å². The van der Waals surface area contributed by atoms with Crippen molar-refractivity contribution in [3.05, 3.63) is 48.3 Å². The smallest absolute Gasteiger partial charge is 0.318 e. The number of para-hydroxylation sites is 1. The van der Waals surface area contributed by atoms with E-state index in [1.165, 1.54) is 4.90 Å². The number of benzene rings is 1. The van der Waals surface area contributed by atoms with Gasteiger partial charge in [0.15, 0.2) is 0 Å². The average Bonchev–Trinajstić information content (AvgIpc) is 3.25. The summed E-state index contributed by atoms with van der Waals surface area (Å²) >= 11 is 0. The summed E-state index contributed by atoms with van der Waals surface area (Å²) in [4.78, 5) is 25.0. The molecule has 7 heteroatoms. The highest BCUT2D eigenvalue weighted by Gasteiger charge is 2.32. The first-order valence-electron chi connectivity index (χ1n) is 8.08. The summed E-state index contributed by atoms with van der Waals surface area (Å²) in [7, 11) is 0. The van der Waals surface area contributed by atoms with Gasteiger partial charge in [-0.25, -0.2) is 9.48 Å². The molecule has 1 fully saturated rings. The van der Waals surface area contributed by atoms with Crippen LogP contribution in [0.15, 0.2) is 42.7 Å². The molecule has 2 aromatic rings. The molecule has 0 aliphatic carbocycles. The van der Waals surface area contributed by atoms with Crippen LogP contribution in [0.5, 0.6) is 0 Å². The number of hydrogen-bond donors (Lipinski definition) is 2. The molecule has 0 saturated carbocycles. The van der Waals surface area contributed by atoms with Gasteiger partial charge in [-0.15, -0.1) is 0 Å². The lowest BCUT2D eigenvalue weighted by Gasteiger charge is -2.22. The highest BCUT2D eigenvalue weighted by atomic mass is 16.2. The van der Waals surface area contributed by atoms with Crippen LogP contribution in [-0.4, -0.2) is 45.8 Å². The van der Waals surface area contributed by atoms with Gasteiger partial charge in [0.25, 0.3) is 0 Å². The number of likely N-dealkylation sites (tertiary alicyclic amines) is 1. The van der Waals surface area contributed by atoms with E-state index in [0.717, 1.165) is 17.7 Å². The third kappa shape index (κ3) is 3.56. The number of nitrogens with zero attached hydrogens (tertiary/aromatic N) is 3. The van der Waals surface area contributed by atoms with E-state index in [9.17, 15) is 9.59 Å². The van der Waals surface area contributed by atoms with Crippen molar-refractivity contribution in [3.8, 4) is 5.69 Å². The molecule has 2 heterocycles. The van der Waals surface area contributed by atoms with Crippen molar-refractivity contribution >= 4 is 11.9 Å². The van der Waals surface area contributed by atoms with E-state index in [-0.39, 0.29) is 6.03 Å². The van der Waals surface area contributed by atoms with Crippen LogP contribution < -0.4 is 11.1 Å². The molecule has 7 nitrogen and oxygen atoms in total. The van der Waals surface area contributed by atoms with Gasteiger partial charge < -0.3 is 16.0 Å². The molecular formula is C17H21N5O2. The highest BCUT2D eigenvalue weighted by Crippen LogP contribution is 2.16. The Kier molecular flexibility index (Phi) is 4.79. The number of rotatable bonds is 5. The molecule has 1 unspecified atom stereocenters. The number of aromatic nitrogens is 2. The maximum Gasteiger partial charge on any atom is 0.318 e. The van der Waals surface area contributed by atoms with Crippen LogP contribution in [0.1, 0.15) is 18.4 Å². The van der Waals surface area contributed by atoms with Crippen LogP contribution in [0.25, 0.3) is 5.69 Å².